The van der Waals surface area contributed by atoms with Crippen LogP contribution in [0.1, 0.15) is 24.0 Å². The quantitative estimate of drug-likeness (QED) is 0.604. The van der Waals surface area contributed by atoms with Crippen molar-refractivity contribution in [2.75, 3.05) is 10.6 Å². The minimum Gasteiger partial charge on any atom is -0.357 e. The second-order valence-corrected chi connectivity index (χ2v) is 8.16. The Kier molecular flexibility index (Phi) is 4.81. The molecule has 2 N–H and O–H groups in total. The minimum absolute atomic E-state index is 0.270. The summed E-state index contributed by atoms with van der Waals surface area (Å²) in [5, 5.41) is 5.93. The van der Waals surface area contributed by atoms with Crippen molar-refractivity contribution in [2.24, 2.45) is 5.92 Å². The van der Waals surface area contributed by atoms with Gasteiger partial charge in [0.2, 0.25) is 5.78 Å². The van der Waals surface area contributed by atoms with E-state index < -0.39 is 17.6 Å². The van der Waals surface area contributed by atoms with Crippen LogP contribution in [0.2, 0.25) is 0 Å². The first-order valence-corrected chi connectivity index (χ1v) is 9.99. The molecule has 0 saturated carbocycles. The van der Waals surface area contributed by atoms with Crippen molar-refractivity contribution >= 4 is 40.6 Å². The summed E-state index contributed by atoms with van der Waals surface area (Å²) < 4.78 is 0. The number of nitrogens with one attached hydrogen (secondary N) is 2. The van der Waals surface area contributed by atoms with Crippen LogP contribution in [0, 0.1) is 19.8 Å². The van der Waals surface area contributed by atoms with Crippen molar-refractivity contribution in [2.45, 2.75) is 31.6 Å². The van der Waals surface area contributed by atoms with Gasteiger partial charge in [-0.15, -0.1) is 0 Å². The molecule has 1 aliphatic carbocycles. The van der Waals surface area contributed by atoms with E-state index >= 15 is 0 Å². The molecular weight excluding hydrogens is 372 g/mol. The van der Waals surface area contributed by atoms with Crippen LogP contribution >= 0.6 is 11.8 Å². The van der Waals surface area contributed by atoms with E-state index in [0.717, 1.165) is 27.4 Å². The number of benzene rings is 2. The lowest BCUT2D eigenvalue weighted by molar-refractivity contribution is -0.140. The molecule has 5 nitrogen and oxygen atoms in total. The molecule has 1 atom stereocenters. The highest BCUT2D eigenvalue weighted by molar-refractivity contribution is 8.04. The number of para-hydroxylation sites is 1. The zero-order valence-corrected chi connectivity index (χ0v) is 16.5. The fraction of sp³-hybridized carbons (Fsp3) is 0.227. The van der Waals surface area contributed by atoms with Crippen LogP contribution in [0.15, 0.2) is 58.0 Å². The molecule has 2 aliphatic rings. The summed E-state index contributed by atoms with van der Waals surface area (Å²) in [5.41, 5.74) is 4.50. The van der Waals surface area contributed by atoms with Gasteiger partial charge >= 0.3 is 0 Å². The third kappa shape index (κ3) is 3.36. The van der Waals surface area contributed by atoms with Crippen molar-refractivity contribution in [3.05, 3.63) is 64.2 Å². The number of rotatable bonds is 3. The van der Waals surface area contributed by atoms with Gasteiger partial charge in [-0.25, -0.2) is 0 Å². The summed E-state index contributed by atoms with van der Waals surface area (Å²) in [5.74, 6) is -2.60. The fourth-order valence-electron chi connectivity index (χ4n) is 3.42. The molecule has 0 aromatic heterocycles. The summed E-state index contributed by atoms with van der Waals surface area (Å²) in [6.07, 6.45) is 0.905. The average Bonchev–Trinajstić information content (AvgIpc) is 2.69. The van der Waals surface area contributed by atoms with Crippen molar-refractivity contribution in [3.8, 4) is 0 Å². The number of hydrogen-bond donors (Lipinski definition) is 2. The van der Waals surface area contributed by atoms with E-state index in [4.69, 9.17) is 0 Å². The molecule has 0 bridgehead atoms. The number of hydrogen-bond acceptors (Lipinski definition) is 5. The van der Waals surface area contributed by atoms with Gasteiger partial charge in [0.25, 0.3) is 5.91 Å². The van der Waals surface area contributed by atoms with E-state index in [9.17, 15) is 14.4 Å². The van der Waals surface area contributed by atoms with Gasteiger partial charge < -0.3 is 10.6 Å². The molecule has 0 unspecified atom stereocenters. The number of fused-ring (bicyclic) bond motifs is 1. The highest BCUT2D eigenvalue weighted by Gasteiger charge is 2.39. The first-order valence-electron chi connectivity index (χ1n) is 9.18. The second-order valence-electron chi connectivity index (χ2n) is 7.10. The molecule has 0 saturated heterocycles. The molecule has 142 valence electrons. The number of amides is 1. The Morgan fingerprint density at radius 1 is 1.11 bits per heavy atom. The smallest absolute Gasteiger partial charge is 0.292 e. The third-order valence-electron chi connectivity index (χ3n) is 5.19. The molecule has 1 heterocycles. The number of carbonyl (C=O) groups is 3. The number of aryl methyl sites for hydroxylation is 2. The van der Waals surface area contributed by atoms with Crippen molar-refractivity contribution in [3.63, 3.8) is 0 Å². The molecule has 0 spiro atoms. The summed E-state index contributed by atoms with van der Waals surface area (Å²) in [4.78, 5) is 39.6. The molecule has 1 amide bonds. The Balaban J connectivity index is 1.50. The molecule has 1 aliphatic heterocycles. The van der Waals surface area contributed by atoms with Crippen LogP contribution in [-0.2, 0) is 14.4 Å². The number of ketones is 2. The van der Waals surface area contributed by atoms with Crippen molar-refractivity contribution < 1.29 is 14.4 Å². The van der Waals surface area contributed by atoms with E-state index in [0.29, 0.717) is 23.4 Å². The topological polar surface area (TPSA) is 75.3 Å². The number of anilines is 2. The predicted molar refractivity (Wildman–Crippen MR) is 110 cm³/mol. The zero-order chi connectivity index (χ0) is 19.8. The lowest BCUT2D eigenvalue weighted by Gasteiger charge is -2.29. The summed E-state index contributed by atoms with van der Waals surface area (Å²) >= 11 is 1.37. The molecule has 28 heavy (non-hydrogen) atoms. The second kappa shape index (κ2) is 7.28. The fourth-order valence-corrected chi connectivity index (χ4v) is 4.54. The average molecular weight is 392 g/mol. The SMILES string of the molecule is Cc1ccc(NC(=O)C(=O)[C@H]2CCC3=C(Sc4ccccc4N3)C2=O)cc1C. The molecule has 2 aromatic carbocycles. The normalized spacial score (nSPS) is 18.1. The van der Waals surface area contributed by atoms with Gasteiger partial charge in [0.15, 0.2) is 5.78 Å². The third-order valence-corrected chi connectivity index (χ3v) is 6.41. The lowest BCUT2D eigenvalue weighted by atomic mass is 9.87. The van der Waals surface area contributed by atoms with Crippen LogP contribution in [0.25, 0.3) is 0 Å². The maximum absolute atomic E-state index is 12.9. The van der Waals surface area contributed by atoms with E-state index in [-0.39, 0.29) is 5.78 Å². The molecule has 0 fully saturated rings. The maximum atomic E-state index is 12.9. The predicted octanol–water partition coefficient (Wildman–Crippen LogP) is 4.22. The van der Waals surface area contributed by atoms with Gasteiger partial charge in [0.05, 0.1) is 16.5 Å². The molecule has 2 aromatic rings. The number of Topliss-reactive ketones (excluding diaryl/α,β-unsaturated/α-hetero) is 2. The summed E-state index contributed by atoms with van der Waals surface area (Å²) in [6.45, 7) is 3.92. The highest BCUT2D eigenvalue weighted by Crippen LogP contribution is 2.44. The standard InChI is InChI=1S/C22H20N2O3S/c1-12-7-8-14(11-13(12)2)23-22(27)20(26)15-9-10-17-21(19(15)25)28-18-6-4-3-5-16(18)24-17/h3-8,11,15,24H,9-10H2,1-2H3,(H,23,27)/t15-/m0/s1. The van der Waals surface area contributed by atoms with Gasteiger partial charge in [0, 0.05) is 16.3 Å². The van der Waals surface area contributed by atoms with Crippen LogP contribution in [-0.4, -0.2) is 17.5 Å². The highest BCUT2D eigenvalue weighted by atomic mass is 32.2. The zero-order valence-electron chi connectivity index (χ0n) is 15.7. The largest absolute Gasteiger partial charge is 0.357 e. The Labute approximate surface area is 167 Å². The van der Waals surface area contributed by atoms with Gasteiger partial charge in [0.1, 0.15) is 0 Å². The maximum Gasteiger partial charge on any atom is 0.292 e. The first-order chi connectivity index (χ1) is 13.4. The Morgan fingerprint density at radius 3 is 2.68 bits per heavy atom. The lowest BCUT2D eigenvalue weighted by Crippen LogP contribution is -2.37. The van der Waals surface area contributed by atoms with Crippen LogP contribution in [0.4, 0.5) is 11.4 Å². The number of carbonyl (C=O) groups excluding carboxylic acids is 3. The molecule has 4 rings (SSSR count). The first kappa shape index (κ1) is 18.5. The van der Waals surface area contributed by atoms with Crippen LogP contribution in [0.5, 0.6) is 0 Å². The van der Waals surface area contributed by atoms with Crippen LogP contribution in [0.3, 0.4) is 0 Å². The van der Waals surface area contributed by atoms with Crippen molar-refractivity contribution in [1.29, 1.82) is 0 Å². The number of allylic oxidation sites excluding steroid dienone is 2. The molecule has 0 radical (unpaired) electrons. The monoisotopic (exact) mass is 392 g/mol. The van der Waals surface area contributed by atoms with E-state index in [1.165, 1.54) is 11.8 Å². The van der Waals surface area contributed by atoms with Crippen molar-refractivity contribution in [1.82, 2.24) is 0 Å². The minimum atomic E-state index is -0.926. The van der Waals surface area contributed by atoms with Gasteiger partial charge in [-0.3, -0.25) is 14.4 Å². The van der Waals surface area contributed by atoms with E-state index in [1.807, 2.05) is 50.2 Å². The Bertz CT molecular complexity index is 1040. The van der Waals surface area contributed by atoms with Crippen LogP contribution < -0.4 is 10.6 Å². The van der Waals surface area contributed by atoms with E-state index in [2.05, 4.69) is 10.6 Å². The number of thioether (sulfide) groups is 1. The van der Waals surface area contributed by atoms with Gasteiger partial charge in [-0.05, 0) is 62.1 Å². The molecular formula is C22H20N2O3S. The van der Waals surface area contributed by atoms with Gasteiger partial charge in [-0.1, -0.05) is 30.0 Å². The summed E-state index contributed by atoms with van der Waals surface area (Å²) in [6, 6.07) is 13.2. The van der Waals surface area contributed by atoms with E-state index in [1.54, 1.807) is 6.07 Å². The summed E-state index contributed by atoms with van der Waals surface area (Å²) in [7, 11) is 0. The molecule has 6 heteroatoms. The Morgan fingerprint density at radius 2 is 1.89 bits per heavy atom. The Hall–Kier alpha value is -2.86. The van der Waals surface area contributed by atoms with Gasteiger partial charge in [-0.2, -0.15) is 0 Å².